The minimum absolute atomic E-state index is 0.00585. The molecule has 196 valence electrons. The number of phenols is 1. The van der Waals surface area contributed by atoms with Crippen LogP contribution in [-0.2, 0) is 17.5 Å². The Bertz CT molecular complexity index is 1150. The predicted molar refractivity (Wildman–Crippen MR) is 134 cm³/mol. The van der Waals surface area contributed by atoms with Crippen molar-refractivity contribution in [2.75, 3.05) is 26.3 Å². The van der Waals surface area contributed by atoms with Crippen LogP contribution in [0, 0.1) is 19.8 Å². The number of carbonyl (C=O) groups excluding carboxylic acids is 1. The molecule has 2 N–H and O–H groups in total. The topological polar surface area (TPSA) is 74.2 Å². The lowest BCUT2D eigenvalue weighted by atomic mass is 10.0. The largest absolute Gasteiger partial charge is 0.507 e. The number of amidine groups is 1. The molecule has 2 aromatic rings. The number of benzene rings is 2. The highest BCUT2D eigenvalue weighted by molar-refractivity contribution is 6.31. The summed E-state index contributed by atoms with van der Waals surface area (Å²) in [5.41, 5.74) is 0.854. The monoisotopic (exact) mass is 525 g/mol. The summed E-state index contributed by atoms with van der Waals surface area (Å²) in [5.74, 6) is -0.713. The molecule has 1 amide bonds. The van der Waals surface area contributed by atoms with E-state index in [0.29, 0.717) is 66.0 Å². The number of aryl methyl sites for hydroxylation is 2. The standard InChI is InChI=1S/C26H31ClF3N3O3/c1-5-15(2)24(32-25(35)21-13-20(27)11-17(4)23(21)34)31-22-16(3)10-19(26(28,29)30)12-18(22)14-33-6-8-36-9-7-33/h10-13,15,34H,5-9,14H2,1-4H3,(H,31,32,35). The summed E-state index contributed by atoms with van der Waals surface area (Å²) in [6.45, 7) is 9.47. The van der Waals surface area contributed by atoms with Crippen molar-refractivity contribution in [2.24, 2.45) is 10.9 Å². The van der Waals surface area contributed by atoms with Crippen LogP contribution >= 0.6 is 11.6 Å². The number of morpholine rings is 1. The fraction of sp³-hybridized carbons (Fsp3) is 0.462. The number of carbonyl (C=O) groups is 1. The van der Waals surface area contributed by atoms with Gasteiger partial charge in [0.15, 0.2) is 0 Å². The van der Waals surface area contributed by atoms with Crippen molar-refractivity contribution in [3.8, 4) is 5.75 Å². The van der Waals surface area contributed by atoms with Crippen molar-refractivity contribution < 1.29 is 27.8 Å². The number of alkyl halides is 3. The SMILES string of the molecule is CCC(C)C(=Nc1c(C)cc(C(F)(F)F)cc1CN1CCOCC1)NC(=O)c1cc(Cl)cc(C)c1O. The third-order valence-corrected chi connectivity index (χ3v) is 6.49. The highest BCUT2D eigenvalue weighted by Gasteiger charge is 2.32. The fourth-order valence-corrected chi connectivity index (χ4v) is 4.24. The van der Waals surface area contributed by atoms with Crippen molar-refractivity contribution in [1.82, 2.24) is 10.2 Å². The number of aromatic hydroxyl groups is 1. The van der Waals surface area contributed by atoms with E-state index in [1.807, 2.05) is 18.7 Å². The Kier molecular flexibility index (Phi) is 9.03. The molecule has 1 fully saturated rings. The Morgan fingerprint density at radius 3 is 2.47 bits per heavy atom. The van der Waals surface area contributed by atoms with Gasteiger partial charge in [-0.15, -0.1) is 0 Å². The highest BCUT2D eigenvalue weighted by atomic mass is 35.5. The molecule has 0 spiro atoms. The molecule has 2 aromatic carbocycles. The lowest BCUT2D eigenvalue weighted by molar-refractivity contribution is -0.137. The average molecular weight is 526 g/mol. The second-order valence-corrected chi connectivity index (χ2v) is 9.50. The average Bonchev–Trinajstić information content (AvgIpc) is 2.82. The summed E-state index contributed by atoms with van der Waals surface area (Å²) in [5, 5.41) is 13.4. The number of hydrogen-bond acceptors (Lipinski definition) is 5. The van der Waals surface area contributed by atoms with Gasteiger partial charge in [0.1, 0.15) is 11.6 Å². The van der Waals surface area contributed by atoms with Gasteiger partial charge in [0.25, 0.3) is 5.91 Å². The summed E-state index contributed by atoms with van der Waals surface area (Å²) >= 11 is 6.08. The lowest BCUT2D eigenvalue weighted by Crippen LogP contribution is -2.36. The third kappa shape index (κ3) is 6.78. The van der Waals surface area contributed by atoms with Gasteiger partial charge in [-0.2, -0.15) is 13.2 Å². The van der Waals surface area contributed by atoms with E-state index in [1.165, 1.54) is 6.07 Å². The van der Waals surface area contributed by atoms with Gasteiger partial charge in [-0.1, -0.05) is 25.4 Å². The van der Waals surface area contributed by atoms with E-state index in [2.05, 4.69) is 5.32 Å². The predicted octanol–water partition coefficient (Wildman–Crippen LogP) is 6.02. The van der Waals surface area contributed by atoms with Crippen LogP contribution < -0.4 is 5.32 Å². The Balaban J connectivity index is 2.06. The molecule has 6 nitrogen and oxygen atoms in total. The Hall–Kier alpha value is -2.62. The Morgan fingerprint density at radius 1 is 1.19 bits per heavy atom. The van der Waals surface area contributed by atoms with Crippen LogP contribution in [0.25, 0.3) is 0 Å². The zero-order valence-electron chi connectivity index (χ0n) is 20.8. The van der Waals surface area contributed by atoms with Gasteiger partial charge in [-0.05, 0) is 61.2 Å². The van der Waals surface area contributed by atoms with Gasteiger partial charge >= 0.3 is 6.18 Å². The van der Waals surface area contributed by atoms with Crippen molar-refractivity contribution in [3.05, 3.63) is 57.1 Å². The van der Waals surface area contributed by atoms with Crippen molar-refractivity contribution in [3.63, 3.8) is 0 Å². The van der Waals surface area contributed by atoms with Crippen LogP contribution in [0.5, 0.6) is 5.75 Å². The minimum atomic E-state index is -4.50. The van der Waals surface area contributed by atoms with Crippen LogP contribution in [0.2, 0.25) is 5.02 Å². The molecule has 0 bridgehead atoms. The van der Waals surface area contributed by atoms with Gasteiger partial charge < -0.3 is 15.2 Å². The normalized spacial score (nSPS) is 16.2. The smallest absolute Gasteiger partial charge is 0.416 e. The summed E-state index contributed by atoms with van der Waals surface area (Å²) in [6, 6.07) is 5.11. The molecule has 1 saturated heterocycles. The number of aliphatic imine (C=N–C) groups is 1. The molecule has 3 rings (SSSR count). The molecule has 1 atom stereocenters. The molecule has 36 heavy (non-hydrogen) atoms. The van der Waals surface area contributed by atoms with Crippen molar-refractivity contribution >= 4 is 29.0 Å². The van der Waals surface area contributed by atoms with Crippen LogP contribution in [-0.4, -0.2) is 48.1 Å². The number of nitrogens with one attached hydrogen (secondary N) is 1. The second kappa shape index (κ2) is 11.6. The van der Waals surface area contributed by atoms with Gasteiger partial charge in [0.2, 0.25) is 0 Å². The van der Waals surface area contributed by atoms with Crippen LogP contribution in [0.3, 0.4) is 0 Å². The molecule has 0 saturated carbocycles. The van der Waals surface area contributed by atoms with Gasteiger partial charge in [0, 0.05) is 30.6 Å². The van der Waals surface area contributed by atoms with Crippen molar-refractivity contribution in [1.29, 1.82) is 0 Å². The first-order valence-electron chi connectivity index (χ1n) is 11.8. The number of ether oxygens (including phenoxy) is 1. The van der Waals surface area contributed by atoms with Gasteiger partial charge in [-0.3, -0.25) is 9.69 Å². The first kappa shape index (κ1) is 28.0. The Morgan fingerprint density at radius 2 is 1.86 bits per heavy atom. The maximum Gasteiger partial charge on any atom is 0.416 e. The second-order valence-electron chi connectivity index (χ2n) is 9.07. The fourth-order valence-electron chi connectivity index (χ4n) is 3.96. The highest BCUT2D eigenvalue weighted by Crippen LogP contribution is 2.36. The van der Waals surface area contributed by atoms with Gasteiger partial charge in [0.05, 0.1) is 30.0 Å². The number of amides is 1. The van der Waals surface area contributed by atoms with E-state index in [0.717, 1.165) is 12.1 Å². The quantitative estimate of drug-likeness (QED) is 0.357. The molecule has 0 aliphatic carbocycles. The summed E-state index contributed by atoms with van der Waals surface area (Å²) in [7, 11) is 0. The number of rotatable bonds is 6. The van der Waals surface area contributed by atoms with E-state index in [4.69, 9.17) is 21.3 Å². The van der Waals surface area contributed by atoms with Crippen LogP contribution in [0.4, 0.5) is 18.9 Å². The molecule has 10 heteroatoms. The Labute approximate surface area is 214 Å². The van der Waals surface area contributed by atoms with E-state index in [1.54, 1.807) is 19.9 Å². The molecular weight excluding hydrogens is 495 g/mol. The van der Waals surface area contributed by atoms with E-state index < -0.39 is 17.6 Å². The molecule has 1 aliphatic heterocycles. The maximum atomic E-state index is 13.6. The van der Waals surface area contributed by atoms with E-state index in [-0.39, 0.29) is 23.8 Å². The molecule has 0 aromatic heterocycles. The first-order valence-corrected chi connectivity index (χ1v) is 12.2. The molecular formula is C26H31ClF3N3O3. The number of phenolic OH excluding ortho intramolecular Hbond substituents is 1. The first-order chi connectivity index (χ1) is 16.9. The van der Waals surface area contributed by atoms with Crippen LogP contribution in [0.1, 0.15) is 52.9 Å². The van der Waals surface area contributed by atoms with Crippen molar-refractivity contribution in [2.45, 2.75) is 46.8 Å². The zero-order valence-corrected chi connectivity index (χ0v) is 21.6. The maximum absolute atomic E-state index is 13.6. The third-order valence-electron chi connectivity index (χ3n) is 6.27. The summed E-state index contributed by atoms with van der Waals surface area (Å²) in [4.78, 5) is 19.8. The molecule has 1 unspecified atom stereocenters. The van der Waals surface area contributed by atoms with Gasteiger partial charge in [-0.25, -0.2) is 4.99 Å². The molecule has 1 aliphatic rings. The van der Waals surface area contributed by atoms with E-state index >= 15 is 0 Å². The lowest BCUT2D eigenvalue weighted by Gasteiger charge is -2.28. The van der Waals surface area contributed by atoms with Crippen LogP contribution in [0.15, 0.2) is 29.3 Å². The number of hydrogen-bond donors (Lipinski definition) is 2. The molecule has 0 radical (unpaired) electrons. The van der Waals surface area contributed by atoms with E-state index in [9.17, 15) is 23.1 Å². The number of halogens is 4. The summed E-state index contributed by atoms with van der Waals surface area (Å²) in [6.07, 6.45) is -3.87. The summed E-state index contributed by atoms with van der Waals surface area (Å²) < 4.78 is 46.2. The zero-order chi connectivity index (χ0) is 26.6. The molecule has 1 heterocycles. The number of nitrogens with zero attached hydrogens (tertiary/aromatic N) is 2. The minimum Gasteiger partial charge on any atom is -0.507 e.